The molecule has 2 aliphatic rings. The summed E-state index contributed by atoms with van der Waals surface area (Å²) in [5, 5.41) is 3.50. The van der Waals surface area contributed by atoms with Gasteiger partial charge in [0.15, 0.2) is 5.69 Å². The number of hydrogen-bond donors (Lipinski definition) is 1. The quantitative estimate of drug-likeness (QED) is 0.571. The van der Waals surface area contributed by atoms with Crippen molar-refractivity contribution < 1.29 is 19.1 Å². The Kier molecular flexibility index (Phi) is 6.74. The first-order valence-corrected chi connectivity index (χ1v) is 12.0. The molecule has 3 heterocycles. The number of carbonyl (C=O) groups is 2. The molecule has 0 aliphatic carbocycles. The second-order valence-electron chi connectivity index (χ2n) is 8.83. The van der Waals surface area contributed by atoms with Gasteiger partial charge < -0.3 is 24.3 Å². The lowest BCUT2D eigenvalue weighted by Gasteiger charge is -2.31. The lowest BCUT2D eigenvalue weighted by molar-refractivity contribution is -0.121. The van der Waals surface area contributed by atoms with E-state index in [1.165, 1.54) is 0 Å². The molecule has 1 N–H and O–H groups in total. The number of methoxy groups -OCH3 is 1. The maximum atomic E-state index is 13.2. The minimum atomic E-state index is -0.150. The number of amides is 2. The van der Waals surface area contributed by atoms with E-state index in [0.29, 0.717) is 55.5 Å². The number of benzene rings is 2. The molecule has 2 aliphatic heterocycles. The number of fused-ring (bicyclic) bond motifs is 1. The van der Waals surface area contributed by atoms with Crippen molar-refractivity contribution >= 4 is 29.1 Å². The van der Waals surface area contributed by atoms with E-state index in [4.69, 9.17) is 21.1 Å². The second-order valence-corrected chi connectivity index (χ2v) is 9.27. The van der Waals surface area contributed by atoms with Crippen LogP contribution in [0, 0.1) is 5.92 Å². The number of rotatable bonds is 5. The van der Waals surface area contributed by atoms with Crippen molar-refractivity contribution in [3.63, 3.8) is 0 Å². The van der Waals surface area contributed by atoms with Gasteiger partial charge in [0.2, 0.25) is 5.91 Å². The number of imidazole rings is 1. The number of nitrogens with one attached hydrogen (secondary N) is 1. The molecule has 2 aromatic carbocycles. The summed E-state index contributed by atoms with van der Waals surface area (Å²) >= 11 is 6.00. The summed E-state index contributed by atoms with van der Waals surface area (Å²) in [6.07, 6.45) is 2.81. The van der Waals surface area contributed by atoms with Crippen molar-refractivity contribution in [2.24, 2.45) is 5.92 Å². The maximum absolute atomic E-state index is 13.2. The van der Waals surface area contributed by atoms with E-state index < -0.39 is 0 Å². The van der Waals surface area contributed by atoms with Crippen LogP contribution in [-0.2, 0) is 22.7 Å². The molecule has 0 radical (unpaired) electrons. The van der Waals surface area contributed by atoms with Gasteiger partial charge in [-0.2, -0.15) is 0 Å². The molecule has 0 saturated carbocycles. The first kappa shape index (κ1) is 23.4. The van der Waals surface area contributed by atoms with Gasteiger partial charge in [-0.15, -0.1) is 0 Å². The first-order chi connectivity index (χ1) is 17.0. The van der Waals surface area contributed by atoms with Crippen LogP contribution >= 0.6 is 11.6 Å². The molecule has 8 nitrogen and oxygen atoms in total. The van der Waals surface area contributed by atoms with Crippen LogP contribution in [0.25, 0.3) is 0 Å². The molecule has 0 bridgehead atoms. The smallest absolute Gasteiger partial charge is 0.274 e. The monoisotopic (exact) mass is 494 g/mol. The van der Waals surface area contributed by atoms with Crippen molar-refractivity contribution in [2.75, 3.05) is 25.5 Å². The summed E-state index contributed by atoms with van der Waals surface area (Å²) in [5.41, 5.74) is 2.95. The standard InChI is InChI=1S/C26H27ClN4O4/c1-34-21-7-5-17(6-8-21)23-14-31-16-28-24(22(31)15-35-23)26(33)30-11-9-18(10-12-30)25(32)29-20-4-2-3-19(27)13-20/h2-8,13,16,18,23H,9-12,14-15H2,1H3,(H,29,32)/t23-/m1/s1. The van der Waals surface area contributed by atoms with E-state index >= 15 is 0 Å². The number of aromatic nitrogens is 2. The average Bonchev–Trinajstić information content (AvgIpc) is 3.32. The zero-order chi connectivity index (χ0) is 24.4. The van der Waals surface area contributed by atoms with Gasteiger partial charge in [-0.3, -0.25) is 9.59 Å². The van der Waals surface area contributed by atoms with E-state index in [2.05, 4.69) is 10.3 Å². The highest BCUT2D eigenvalue weighted by Crippen LogP contribution is 2.30. The number of ether oxygens (including phenoxy) is 2. The zero-order valence-electron chi connectivity index (χ0n) is 19.4. The van der Waals surface area contributed by atoms with Gasteiger partial charge in [0.25, 0.3) is 5.91 Å². The minimum absolute atomic E-state index is 0.0447. The zero-order valence-corrected chi connectivity index (χ0v) is 20.2. The molecule has 1 fully saturated rings. The number of nitrogens with zero attached hydrogens (tertiary/aromatic N) is 3. The highest BCUT2D eigenvalue weighted by Gasteiger charge is 2.32. The van der Waals surface area contributed by atoms with E-state index in [0.717, 1.165) is 17.0 Å². The third-order valence-corrected chi connectivity index (χ3v) is 6.90. The fourth-order valence-corrected chi connectivity index (χ4v) is 4.82. The topological polar surface area (TPSA) is 85.7 Å². The minimum Gasteiger partial charge on any atom is -0.497 e. The third kappa shape index (κ3) is 5.04. The second kappa shape index (κ2) is 10.1. The van der Waals surface area contributed by atoms with Gasteiger partial charge in [0, 0.05) is 29.7 Å². The largest absolute Gasteiger partial charge is 0.497 e. The predicted octanol–water partition coefficient (Wildman–Crippen LogP) is 4.31. The Morgan fingerprint density at radius 2 is 1.91 bits per heavy atom. The van der Waals surface area contributed by atoms with E-state index in [1.54, 1.807) is 36.5 Å². The fraction of sp³-hybridized carbons (Fsp3) is 0.346. The molecule has 3 aromatic rings. The highest BCUT2D eigenvalue weighted by atomic mass is 35.5. The van der Waals surface area contributed by atoms with E-state index in [9.17, 15) is 9.59 Å². The fourth-order valence-electron chi connectivity index (χ4n) is 4.63. The van der Waals surface area contributed by atoms with Gasteiger partial charge >= 0.3 is 0 Å². The molecule has 1 saturated heterocycles. The van der Waals surface area contributed by atoms with Crippen LogP contribution in [0.4, 0.5) is 5.69 Å². The number of carbonyl (C=O) groups excluding carboxylic acids is 2. The summed E-state index contributed by atoms with van der Waals surface area (Å²) in [7, 11) is 1.64. The number of anilines is 1. The molecular formula is C26H27ClN4O4. The maximum Gasteiger partial charge on any atom is 0.274 e. The molecule has 1 atom stereocenters. The van der Waals surface area contributed by atoms with Crippen molar-refractivity contribution in [2.45, 2.75) is 32.1 Å². The van der Waals surface area contributed by atoms with Crippen LogP contribution < -0.4 is 10.1 Å². The van der Waals surface area contributed by atoms with Gasteiger partial charge in [-0.1, -0.05) is 29.8 Å². The molecule has 35 heavy (non-hydrogen) atoms. The molecule has 5 rings (SSSR count). The van der Waals surface area contributed by atoms with Crippen LogP contribution in [0.5, 0.6) is 5.75 Å². The number of likely N-dealkylation sites (tertiary alicyclic amines) is 1. The molecule has 0 spiro atoms. The Bertz CT molecular complexity index is 1220. The van der Waals surface area contributed by atoms with Gasteiger partial charge in [-0.25, -0.2) is 4.98 Å². The predicted molar refractivity (Wildman–Crippen MR) is 131 cm³/mol. The van der Waals surface area contributed by atoms with Crippen LogP contribution in [0.2, 0.25) is 5.02 Å². The Hall–Kier alpha value is -3.36. The van der Waals surface area contributed by atoms with E-state index in [-0.39, 0.29) is 23.8 Å². The van der Waals surface area contributed by atoms with Crippen LogP contribution in [0.1, 0.15) is 40.7 Å². The summed E-state index contributed by atoms with van der Waals surface area (Å²) in [6.45, 7) is 1.92. The van der Waals surface area contributed by atoms with Crippen LogP contribution in [0.15, 0.2) is 54.9 Å². The summed E-state index contributed by atoms with van der Waals surface area (Å²) in [6, 6.07) is 14.9. The van der Waals surface area contributed by atoms with Crippen LogP contribution in [0.3, 0.4) is 0 Å². The van der Waals surface area contributed by atoms with Gasteiger partial charge in [0.1, 0.15) is 11.9 Å². The van der Waals surface area contributed by atoms with Crippen molar-refractivity contribution in [1.82, 2.24) is 14.5 Å². The normalized spacial score (nSPS) is 18.1. The SMILES string of the molecule is COc1ccc([C@H]2Cn3cnc(C(=O)N4CCC(C(=O)Nc5cccc(Cl)c5)CC4)c3CO2)cc1. The van der Waals surface area contributed by atoms with Crippen molar-refractivity contribution in [3.05, 3.63) is 76.8 Å². The Labute approximate surface area is 208 Å². The van der Waals surface area contributed by atoms with Crippen molar-refractivity contribution in [3.8, 4) is 5.75 Å². The Morgan fingerprint density at radius 3 is 2.63 bits per heavy atom. The lowest BCUT2D eigenvalue weighted by atomic mass is 9.95. The summed E-state index contributed by atoms with van der Waals surface area (Å²) in [4.78, 5) is 32.1. The summed E-state index contributed by atoms with van der Waals surface area (Å²) < 4.78 is 13.3. The molecule has 0 unspecified atom stereocenters. The average molecular weight is 495 g/mol. The van der Waals surface area contributed by atoms with Crippen molar-refractivity contribution in [1.29, 1.82) is 0 Å². The third-order valence-electron chi connectivity index (χ3n) is 6.67. The molecule has 2 amide bonds. The summed E-state index contributed by atoms with van der Waals surface area (Å²) in [5.74, 6) is 0.490. The first-order valence-electron chi connectivity index (χ1n) is 11.7. The number of hydrogen-bond acceptors (Lipinski definition) is 5. The van der Waals surface area contributed by atoms with E-state index in [1.807, 2.05) is 34.9 Å². The van der Waals surface area contributed by atoms with Crippen LogP contribution in [-0.4, -0.2) is 46.5 Å². The number of piperidine rings is 1. The number of halogens is 1. The lowest BCUT2D eigenvalue weighted by Crippen LogP contribution is -2.42. The molecule has 9 heteroatoms. The van der Waals surface area contributed by atoms with Gasteiger partial charge in [-0.05, 0) is 48.7 Å². The van der Waals surface area contributed by atoms with Gasteiger partial charge in [0.05, 0.1) is 32.3 Å². The highest BCUT2D eigenvalue weighted by molar-refractivity contribution is 6.30. The Balaban J connectivity index is 1.18. The molecule has 1 aromatic heterocycles. The Morgan fingerprint density at radius 1 is 1.14 bits per heavy atom. The molecule has 182 valence electrons. The molecular weight excluding hydrogens is 468 g/mol.